The fraction of sp³-hybridized carbons (Fsp3) is 0.0588. The lowest BCUT2D eigenvalue weighted by molar-refractivity contribution is 0.221. The van der Waals surface area contributed by atoms with E-state index in [4.69, 9.17) is 0 Å². The van der Waals surface area contributed by atoms with Crippen LogP contribution in [0.5, 0.6) is 0 Å². The van der Waals surface area contributed by atoms with Gasteiger partial charge < -0.3 is 10.1 Å². The van der Waals surface area contributed by atoms with Gasteiger partial charge in [-0.15, -0.1) is 0 Å². The van der Waals surface area contributed by atoms with Crippen LogP contribution in [0.2, 0.25) is 0 Å². The SMILES string of the molecule is OC(c1ccccc1)c1c[nH]cc1-c1ccccc1. The second kappa shape index (κ2) is 5.12. The van der Waals surface area contributed by atoms with Crippen LogP contribution in [-0.4, -0.2) is 10.1 Å². The average molecular weight is 249 g/mol. The van der Waals surface area contributed by atoms with Crippen molar-refractivity contribution in [2.24, 2.45) is 0 Å². The van der Waals surface area contributed by atoms with Gasteiger partial charge in [0.2, 0.25) is 0 Å². The molecule has 2 heteroatoms. The van der Waals surface area contributed by atoms with E-state index >= 15 is 0 Å². The van der Waals surface area contributed by atoms with Crippen LogP contribution < -0.4 is 0 Å². The van der Waals surface area contributed by atoms with Crippen molar-refractivity contribution in [1.29, 1.82) is 0 Å². The molecule has 0 aliphatic heterocycles. The highest BCUT2D eigenvalue weighted by Crippen LogP contribution is 2.31. The molecular weight excluding hydrogens is 234 g/mol. The van der Waals surface area contributed by atoms with Gasteiger partial charge in [0.15, 0.2) is 0 Å². The monoisotopic (exact) mass is 249 g/mol. The zero-order valence-electron chi connectivity index (χ0n) is 10.5. The highest BCUT2D eigenvalue weighted by molar-refractivity contribution is 5.67. The molecule has 1 atom stereocenters. The summed E-state index contributed by atoms with van der Waals surface area (Å²) < 4.78 is 0. The van der Waals surface area contributed by atoms with Crippen LogP contribution in [0, 0.1) is 0 Å². The summed E-state index contributed by atoms with van der Waals surface area (Å²) in [6, 6.07) is 19.8. The van der Waals surface area contributed by atoms with E-state index in [1.54, 1.807) is 0 Å². The summed E-state index contributed by atoms with van der Waals surface area (Å²) in [5.74, 6) is 0. The Bertz CT molecular complexity index is 643. The van der Waals surface area contributed by atoms with Crippen LogP contribution in [0.15, 0.2) is 73.1 Å². The van der Waals surface area contributed by atoms with E-state index < -0.39 is 6.10 Å². The van der Waals surface area contributed by atoms with E-state index in [0.29, 0.717) is 0 Å². The lowest BCUT2D eigenvalue weighted by Gasteiger charge is -2.12. The maximum atomic E-state index is 10.5. The molecule has 19 heavy (non-hydrogen) atoms. The molecule has 1 unspecified atom stereocenters. The van der Waals surface area contributed by atoms with Crippen LogP contribution in [-0.2, 0) is 0 Å². The fourth-order valence-electron chi connectivity index (χ4n) is 2.28. The van der Waals surface area contributed by atoms with Crippen LogP contribution in [0.1, 0.15) is 17.2 Å². The molecule has 0 radical (unpaired) electrons. The predicted molar refractivity (Wildman–Crippen MR) is 76.7 cm³/mol. The molecule has 2 N–H and O–H groups in total. The first kappa shape index (κ1) is 11.8. The molecule has 0 amide bonds. The first-order chi connectivity index (χ1) is 9.36. The lowest BCUT2D eigenvalue weighted by atomic mass is 9.97. The minimum atomic E-state index is -0.609. The Morgan fingerprint density at radius 3 is 2.11 bits per heavy atom. The molecule has 0 saturated carbocycles. The molecule has 0 bridgehead atoms. The summed E-state index contributed by atoms with van der Waals surface area (Å²) in [6.45, 7) is 0. The number of aromatic amines is 1. The van der Waals surface area contributed by atoms with Crippen LogP contribution in [0.4, 0.5) is 0 Å². The number of nitrogens with one attached hydrogen (secondary N) is 1. The Kier molecular flexibility index (Phi) is 3.17. The molecule has 2 nitrogen and oxygen atoms in total. The van der Waals surface area contributed by atoms with Gasteiger partial charge in [0.25, 0.3) is 0 Å². The smallest absolute Gasteiger partial charge is 0.106 e. The Morgan fingerprint density at radius 2 is 1.42 bits per heavy atom. The number of H-pyrrole nitrogens is 1. The number of hydrogen-bond acceptors (Lipinski definition) is 1. The number of benzene rings is 2. The normalized spacial score (nSPS) is 12.3. The van der Waals surface area contributed by atoms with Crippen molar-refractivity contribution >= 4 is 0 Å². The average Bonchev–Trinajstić information content (AvgIpc) is 2.98. The minimum Gasteiger partial charge on any atom is -0.384 e. The van der Waals surface area contributed by atoms with E-state index in [1.807, 2.05) is 73.1 Å². The van der Waals surface area contributed by atoms with Crippen molar-refractivity contribution in [3.05, 3.63) is 84.2 Å². The Morgan fingerprint density at radius 1 is 0.789 bits per heavy atom. The summed E-state index contributed by atoms with van der Waals surface area (Å²) in [5, 5.41) is 10.5. The van der Waals surface area contributed by atoms with E-state index in [9.17, 15) is 5.11 Å². The van der Waals surface area contributed by atoms with Gasteiger partial charge in [-0.2, -0.15) is 0 Å². The standard InChI is InChI=1S/C17H15NO/c19-17(14-9-5-2-6-10-14)16-12-18-11-15(16)13-7-3-1-4-8-13/h1-12,17-19H. The molecule has 0 spiro atoms. The van der Waals surface area contributed by atoms with E-state index in [1.165, 1.54) is 0 Å². The Hall–Kier alpha value is -2.32. The second-order valence-corrected chi connectivity index (χ2v) is 4.50. The minimum absolute atomic E-state index is 0.609. The predicted octanol–water partition coefficient (Wildman–Crippen LogP) is 3.76. The van der Waals surface area contributed by atoms with E-state index in [-0.39, 0.29) is 0 Å². The third-order valence-corrected chi connectivity index (χ3v) is 3.27. The fourth-order valence-corrected chi connectivity index (χ4v) is 2.28. The van der Waals surface area contributed by atoms with Gasteiger partial charge in [0.1, 0.15) is 6.10 Å². The first-order valence-corrected chi connectivity index (χ1v) is 6.31. The van der Waals surface area contributed by atoms with Gasteiger partial charge in [0.05, 0.1) is 0 Å². The van der Waals surface area contributed by atoms with Crippen molar-refractivity contribution in [3.63, 3.8) is 0 Å². The quantitative estimate of drug-likeness (QED) is 0.728. The molecule has 3 aromatic rings. The first-order valence-electron chi connectivity index (χ1n) is 6.31. The molecule has 3 rings (SSSR count). The summed E-state index contributed by atoms with van der Waals surface area (Å²) in [6.07, 6.45) is 3.18. The molecular formula is C17H15NO. The second-order valence-electron chi connectivity index (χ2n) is 4.50. The largest absolute Gasteiger partial charge is 0.384 e. The van der Waals surface area contributed by atoms with Crippen molar-refractivity contribution in [1.82, 2.24) is 4.98 Å². The summed E-state index contributed by atoms with van der Waals surface area (Å²) >= 11 is 0. The molecule has 0 aliphatic carbocycles. The maximum absolute atomic E-state index is 10.5. The van der Waals surface area contributed by atoms with Crippen molar-refractivity contribution in [2.45, 2.75) is 6.10 Å². The number of rotatable bonds is 3. The van der Waals surface area contributed by atoms with Gasteiger partial charge in [-0.3, -0.25) is 0 Å². The lowest BCUT2D eigenvalue weighted by Crippen LogP contribution is -1.99. The van der Waals surface area contributed by atoms with Crippen LogP contribution in [0.25, 0.3) is 11.1 Å². The van der Waals surface area contributed by atoms with Gasteiger partial charge in [-0.1, -0.05) is 60.7 Å². The number of aromatic nitrogens is 1. The molecule has 0 fully saturated rings. The highest BCUT2D eigenvalue weighted by Gasteiger charge is 2.15. The Labute approximate surface area is 112 Å². The summed E-state index contributed by atoms with van der Waals surface area (Å²) in [4.78, 5) is 3.09. The molecule has 1 heterocycles. The van der Waals surface area contributed by atoms with E-state index in [2.05, 4.69) is 4.98 Å². The molecule has 94 valence electrons. The van der Waals surface area contributed by atoms with E-state index in [0.717, 1.165) is 22.3 Å². The zero-order chi connectivity index (χ0) is 13.1. The van der Waals surface area contributed by atoms with Crippen molar-refractivity contribution < 1.29 is 5.11 Å². The van der Waals surface area contributed by atoms with Gasteiger partial charge in [-0.05, 0) is 11.1 Å². The number of aliphatic hydroxyl groups is 1. The maximum Gasteiger partial charge on any atom is 0.106 e. The van der Waals surface area contributed by atoms with Gasteiger partial charge >= 0.3 is 0 Å². The molecule has 2 aromatic carbocycles. The summed E-state index contributed by atoms with van der Waals surface area (Å²) in [5.41, 5.74) is 3.95. The van der Waals surface area contributed by atoms with Crippen molar-refractivity contribution in [2.75, 3.05) is 0 Å². The molecule has 1 aromatic heterocycles. The summed E-state index contributed by atoms with van der Waals surface area (Å²) in [7, 11) is 0. The third kappa shape index (κ3) is 2.30. The highest BCUT2D eigenvalue weighted by atomic mass is 16.3. The molecule has 0 saturated heterocycles. The number of aliphatic hydroxyl groups excluding tert-OH is 1. The van der Waals surface area contributed by atoms with Crippen LogP contribution in [0.3, 0.4) is 0 Å². The Balaban J connectivity index is 2.01. The van der Waals surface area contributed by atoms with Gasteiger partial charge in [-0.25, -0.2) is 0 Å². The topological polar surface area (TPSA) is 36.0 Å². The van der Waals surface area contributed by atoms with Crippen molar-refractivity contribution in [3.8, 4) is 11.1 Å². The van der Waals surface area contributed by atoms with Gasteiger partial charge in [0, 0.05) is 23.5 Å². The zero-order valence-corrected chi connectivity index (χ0v) is 10.5. The van der Waals surface area contributed by atoms with Crippen LogP contribution >= 0.6 is 0 Å². The third-order valence-electron chi connectivity index (χ3n) is 3.27. The number of hydrogen-bond donors (Lipinski definition) is 2. The molecule has 0 aliphatic rings.